The molecule has 0 aliphatic carbocycles. The topological polar surface area (TPSA) is 46.4 Å². The zero-order valence-electron chi connectivity index (χ0n) is 6.20. The molecule has 4 nitrogen and oxygen atoms in total. The Balaban J connectivity index is 4.19. The van der Waals surface area contributed by atoms with Crippen LogP contribution in [0.2, 0.25) is 0 Å². The van der Waals surface area contributed by atoms with E-state index in [1.165, 1.54) is 6.20 Å². The first-order chi connectivity index (χ1) is 4.57. The summed E-state index contributed by atoms with van der Waals surface area (Å²) in [7, 11) is 3.50. The van der Waals surface area contributed by atoms with Crippen LogP contribution in [0.15, 0.2) is 11.2 Å². The number of rotatable bonds is 3. The van der Waals surface area contributed by atoms with E-state index >= 15 is 0 Å². The van der Waals surface area contributed by atoms with Crippen LogP contribution in [0.25, 0.3) is 0 Å². The highest BCUT2D eigenvalue weighted by molar-refractivity contribution is 8.02. The van der Waals surface area contributed by atoms with Crippen molar-refractivity contribution in [1.29, 1.82) is 0 Å². The van der Waals surface area contributed by atoms with Gasteiger partial charge >= 0.3 is 5.03 Å². The van der Waals surface area contributed by atoms with Gasteiger partial charge in [-0.15, -0.1) is 0 Å². The van der Waals surface area contributed by atoms with Crippen LogP contribution in [-0.2, 0) is 0 Å². The molecule has 0 aromatic heterocycles. The molecule has 0 atom stereocenters. The zero-order chi connectivity index (χ0) is 8.15. The molecule has 0 fully saturated rings. The summed E-state index contributed by atoms with van der Waals surface area (Å²) in [6, 6.07) is 0. The molecule has 0 radical (unpaired) electrons. The summed E-state index contributed by atoms with van der Waals surface area (Å²) in [5.41, 5.74) is 0. The van der Waals surface area contributed by atoms with Crippen LogP contribution < -0.4 is 0 Å². The molecule has 0 aromatic rings. The van der Waals surface area contributed by atoms with Crippen LogP contribution in [-0.4, -0.2) is 30.2 Å². The van der Waals surface area contributed by atoms with E-state index in [1.807, 2.05) is 0 Å². The molecular formula is C5H10N2O2S. The first kappa shape index (κ1) is 9.29. The predicted octanol–water partition coefficient (Wildman–Crippen LogP) is 0.987. The van der Waals surface area contributed by atoms with Crippen molar-refractivity contribution in [2.45, 2.75) is 0 Å². The lowest BCUT2D eigenvalue weighted by atomic mass is 10.8. The number of thioether (sulfide) groups is 1. The molecule has 0 spiro atoms. The van der Waals surface area contributed by atoms with Gasteiger partial charge in [-0.3, -0.25) is 10.1 Å². The summed E-state index contributed by atoms with van der Waals surface area (Å²) in [5, 5.41) is 10.3. The Morgan fingerprint density at radius 1 is 1.70 bits per heavy atom. The summed E-state index contributed by atoms with van der Waals surface area (Å²) < 4.78 is 0. The maximum Gasteiger partial charge on any atom is 0.318 e. The van der Waals surface area contributed by atoms with Crippen LogP contribution in [0.4, 0.5) is 0 Å². The summed E-state index contributed by atoms with van der Waals surface area (Å²) in [5.74, 6) is 0. The van der Waals surface area contributed by atoms with Gasteiger partial charge in [0, 0.05) is 14.1 Å². The Kier molecular flexibility index (Phi) is 3.87. The number of nitro groups is 1. The second kappa shape index (κ2) is 4.16. The molecule has 0 heterocycles. The molecule has 0 saturated heterocycles. The molecule has 0 amide bonds. The second-order valence-electron chi connectivity index (χ2n) is 1.89. The molecule has 0 rings (SSSR count). The number of hydrogen-bond donors (Lipinski definition) is 0. The van der Waals surface area contributed by atoms with E-state index in [0.717, 1.165) is 11.8 Å². The van der Waals surface area contributed by atoms with Crippen molar-refractivity contribution in [3.05, 3.63) is 21.3 Å². The molecule has 58 valence electrons. The van der Waals surface area contributed by atoms with Crippen molar-refractivity contribution in [3.63, 3.8) is 0 Å². The minimum Gasteiger partial charge on any atom is -0.378 e. The highest BCUT2D eigenvalue weighted by Crippen LogP contribution is 2.11. The second-order valence-corrected chi connectivity index (χ2v) is 2.72. The first-order valence-corrected chi connectivity index (χ1v) is 3.87. The van der Waals surface area contributed by atoms with Gasteiger partial charge in [0.25, 0.3) is 0 Å². The standard InChI is InChI=1S/C5H10N2O2S/c1-6(2)4-5(10-3)7(8)9/h4H,1-3H3/b5-4+. The Morgan fingerprint density at radius 3 is 2.30 bits per heavy atom. The normalized spacial score (nSPS) is 11.3. The van der Waals surface area contributed by atoms with Crippen LogP contribution in [0, 0.1) is 10.1 Å². The smallest absolute Gasteiger partial charge is 0.318 e. The minimum atomic E-state index is -0.398. The predicted molar refractivity (Wildman–Crippen MR) is 42.3 cm³/mol. The van der Waals surface area contributed by atoms with E-state index in [9.17, 15) is 10.1 Å². The Morgan fingerprint density at radius 2 is 2.20 bits per heavy atom. The third-order valence-corrected chi connectivity index (χ3v) is 1.43. The average molecular weight is 162 g/mol. The fourth-order valence-corrected chi connectivity index (χ4v) is 0.861. The quantitative estimate of drug-likeness (QED) is 0.458. The molecule has 0 bridgehead atoms. The lowest BCUT2D eigenvalue weighted by molar-refractivity contribution is -0.411. The Hall–Kier alpha value is -0.710. The fourth-order valence-electron chi connectivity index (χ4n) is 0.395. The molecule has 0 aliphatic heterocycles. The van der Waals surface area contributed by atoms with Crippen molar-refractivity contribution >= 4 is 11.8 Å². The van der Waals surface area contributed by atoms with E-state index in [4.69, 9.17) is 0 Å². The molecule has 0 aromatic carbocycles. The summed E-state index contributed by atoms with van der Waals surface area (Å²) in [6.45, 7) is 0. The number of hydrogen-bond acceptors (Lipinski definition) is 4. The van der Waals surface area contributed by atoms with Gasteiger partial charge < -0.3 is 4.90 Å². The van der Waals surface area contributed by atoms with Gasteiger partial charge in [0.15, 0.2) is 0 Å². The molecule has 0 unspecified atom stereocenters. The van der Waals surface area contributed by atoms with Crippen molar-refractivity contribution in [3.8, 4) is 0 Å². The van der Waals surface area contributed by atoms with Gasteiger partial charge in [-0.1, -0.05) is 11.8 Å². The van der Waals surface area contributed by atoms with Crippen LogP contribution in [0.3, 0.4) is 0 Å². The van der Waals surface area contributed by atoms with Gasteiger partial charge in [-0.05, 0) is 6.26 Å². The van der Waals surface area contributed by atoms with Gasteiger partial charge in [0.05, 0.1) is 11.1 Å². The van der Waals surface area contributed by atoms with Gasteiger partial charge in [0.1, 0.15) is 0 Å². The van der Waals surface area contributed by atoms with Crippen LogP contribution in [0.1, 0.15) is 0 Å². The SMILES string of the molecule is CS/C(=C/N(C)C)[N+](=O)[O-]. The van der Waals surface area contributed by atoms with Gasteiger partial charge in [0.2, 0.25) is 0 Å². The third kappa shape index (κ3) is 3.34. The molecule has 0 N–H and O–H groups in total. The summed E-state index contributed by atoms with van der Waals surface area (Å²) >= 11 is 1.13. The Labute approximate surface area is 64.0 Å². The zero-order valence-corrected chi connectivity index (χ0v) is 7.01. The van der Waals surface area contributed by atoms with Gasteiger partial charge in [-0.2, -0.15) is 0 Å². The van der Waals surface area contributed by atoms with E-state index in [-0.39, 0.29) is 5.03 Å². The van der Waals surface area contributed by atoms with Crippen LogP contribution >= 0.6 is 11.8 Å². The van der Waals surface area contributed by atoms with E-state index in [0.29, 0.717) is 0 Å². The summed E-state index contributed by atoms with van der Waals surface area (Å²) in [6.07, 6.45) is 3.16. The minimum absolute atomic E-state index is 0.157. The molecule has 0 aliphatic rings. The highest BCUT2D eigenvalue weighted by Gasteiger charge is 2.07. The first-order valence-electron chi connectivity index (χ1n) is 2.64. The molecule has 0 saturated carbocycles. The maximum atomic E-state index is 10.2. The van der Waals surface area contributed by atoms with E-state index in [1.54, 1.807) is 25.3 Å². The maximum absolute atomic E-state index is 10.2. The van der Waals surface area contributed by atoms with E-state index < -0.39 is 4.92 Å². The summed E-state index contributed by atoms with van der Waals surface area (Å²) in [4.78, 5) is 11.4. The fraction of sp³-hybridized carbons (Fsp3) is 0.600. The average Bonchev–Trinajstić information content (AvgIpc) is 1.81. The van der Waals surface area contributed by atoms with E-state index in [2.05, 4.69) is 0 Å². The van der Waals surface area contributed by atoms with Crippen molar-refractivity contribution in [1.82, 2.24) is 4.90 Å². The monoisotopic (exact) mass is 162 g/mol. The Bertz CT molecular complexity index is 156. The lowest BCUT2D eigenvalue weighted by Crippen LogP contribution is -2.05. The number of nitrogens with zero attached hydrogens (tertiary/aromatic N) is 2. The molecule has 10 heavy (non-hydrogen) atoms. The molecule has 5 heteroatoms. The van der Waals surface area contributed by atoms with Crippen molar-refractivity contribution in [2.75, 3.05) is 20.4 Å². The third-order valence-electron chi connectivity index (χ3n) is 0.758. The molecular weight excluding hydrogens is 152 g/mol. The lowest BCUT2D eigenvalue weighted by Gasteiger charge is -2.02. The van der Waals surface area contributed by atoms with Gasteiger partial charge in [-0.25, -0.2) is 0 Å². The van der Waals surface area contributed by atoms with Crippen LogP contribution in [0.5, 0.6) is 0 Å². The van der Waals surface area contributed by atoms with Crippen molar-refractivity contribution in [2.24, 2.45) is 0 Å². The van der Waals surface area contributed by atoms with Crippen molar-refractivity contribution < 1.29 is 4.92 Å². The largest absolute Gasteiger partial charge is 0.378 e. The highest BCUT2D eigenvalue weighted by atomic mass is 32.2.